The van der Waals surface area contributed by atoms with Gasteiger partial charge in [-0.3, -0.25) is 14.5 Å². The summed E-state index contributed by atoms with van der Waals surface area (Å²) in [6.07, 6.45) is 2.73. The Labute approximate surface area is 150 Å². The van der Waals surface area contributed by atoms with Gasteiger partial charge in [0.2, 0.25) is 5.91 Å². The van der Waals surface area contributed by atoms with Crippen molar-refractivity contribution in [2.24, 2.45) is 0 Å². The number of hydrogen-bond donors (Lipinski definition) is 2. The number of nitrogens with one attached hydrogen (secondary N) is 1. The largest absolute Gasteiger partial charge is 0.480 e. The molecule has 0 bridgehead atoms. The standard InChI is InChI=1S/C20H30N2O3/c1-14(19(24)25)22(17-9-10-17)13-18(23)21-12-11-15-5-7-16(8-6-15)20(2,3)4/h5-8,14,17H,9-13H2,1-4H3,(H,21,23)(H,24,25). The van der Waals surface area contributed by atoms with Crippen molar-refractivity contribution in [3.8, 4) is 0 Å². The normalized spacial score (nSPS) is 15.9. The molecule has 1 aromatic rings. The van der Waals surface area contributed by atoms with E-state index in [1.54, 1.807) is 11.8 Å². The van der Waals surface area contributed by atoms with E-state index in [0.717, 1.165) is 19.3 Å². The van der Waals surface area contributed by atoms with E-state index < -0.39 is 12.0 Å². The molecular formula is C20H30N2O3. The van der Waals surface area contributed by atoms with Crippen LogP contribution in [0.3, 0.4) is 0 Å². The first kappa shape index (κ1) is 19.4. The van der Waals surface area contributed by atoms with Crippen LogP contribution >= 0.6 is 0 Å². The zero-order chi connectivity index (χ0) is 18.6. The van der Waals surface area contributed by atoms with Gasteiger partial charge in [-0.15, -0.1) is 0 Å². The zero-order valence-corrected chi connectivity index (χ0v) is 15.7. The number of rotatable bonds is 8. The van der Waals surface area contributed by atoms with Gasteiger partial charge in [-0.05, 0) is 42.7 Å². The highest BCUT2D eigenvalue weighted by Gasteiger charge is 2.36. The first-order valence-electron chi connectivity index (χ1n) is 9.03. The van der Waals surface area contributed by atoms with Crippen LogP contribution in [0.1, 0.15) is 51.7 Å². The second-order valence-corrected chi connectivity index (χ2v) is 7.96. The average Bonchev–Trinajstić information content (AvgIpc) is 3.36. The quantitative estimate of drug-likeness (QED) is 0.759. The fraction of sp³-hybridized carbons (Fsp3) is 0.600. The van der Waals surface area contributed by atoms with E-state index in [-0.39, 0.29) is 23.9 Å². The van der Waals surface area contributed by atoms with Crippen LogP contribution in [0.4, 0.5) is 0 Å². The molecule has 0 heterocycles. The van der Waals surface area contributed by atoms with Gasteiger partial charge in [0.05, 0.1) is 6.54 Å². The predicted molar refractivity (Wildman–Crippen MR) is 98.7 cm³/mol. The molecule has 0 saturated heterocycles. The molecule has 1 saturated carbocycles. The van der Waals surface area contributed by atoms with Gasteiger partial charge in [-0.2, -0.15) is 0 Å². The topological polar surface area (TPSA) is 69.6 Å². The lowest BCUT2D eigenvalue weighted by atomic mass is 9.86. The minimum atomic E-state index is -0.876. The van der Waals surface area contributed by atoms with E-state index in [1.165, 1.54) is 11.1 Å². The lowest BCUT2D eigenvalue weighted by Crippen LogP contribution is -2.46. The van der Waals surface area contributed by atoms with E-state index in [0.29, 0.717) is 6.54 Å². The number of nitrogens with zero attached hydrogens (tertiary/aromatic N) is 1. The number of amides is 1. The summed E-state index contributed by atoms with van der Waals surface area (Å²) in [6.45, 7) is 8.92. The number of carboxylic acid groups (broad SMARTS) is 1. The minimum Gasteiger partial charge on any atom is -0.480 e. The van der Waals surface area contributed by atoms with Crippen molar-refractivity contribution >= 4 is 11.9 Å². The van der Waals surface area contributed by atoms with Crippen molar-refractivity contribution < 1.29 is 14.7 Å². The van der Waals surface area contributed by atoms with Crippen molar-refractivity contribution in [1.82, 2.24) is 10.2 Å². The molecule has 0 radical (unpaired) electrons. The third kappa shape index (κ3) is 5.85. The van der Waals surface area contributed by atoms with Gasteiger partial charge in [-0.1, -0.05) is 45.0 Å². The summed E-state index contributed by atoms with van der Waals surface area (Å²) in [7, 11) is 0. The second kappa shape index (κ2) is 8.00. The maximum atomic E-state index is 12.1. The Bertz CT molecular complexity index is 600. The first-order valence-corrected chi connectivity index (χ1v) is 9.03. The van der Waals surface area contributed by atoms with Gasteiger partial charge in [0.25, 0.3) is 0 Å². The Morgan fingerprint density at radius 3 is 2.32 bits per heavy atom. The molecule has 138 valence electrons. The van der Waals surface area contributed by atoms with Crippen molar-refractivity contribution in [3.05, 3.63) is 35.4 Å². The summed E-state index contributed by atoms with van der Waals surface area (Å²) in [5, 5.41) is 12.1. The van der Waals surface area contributed by atoms with Crippen LogP contribution in [0.2, 0.25) is 0 Å². The summed E-state index contributed by atoms with van der Waals surface area (Å²) in [5.74, 6) is -0.982. The summed E-state index contributed by atoms with van der Waals surface area (Å²) >= 11 is 0. The lowest BCUT2D eigenvalue weighted by Gasteiger charge is -2.25. The highest BCUT2D eigenvalue weighted by Crippen LogP contribution is 2.28. The molecule has 1 unspecified atom stereocenters. The van der Waals surface area contributed by atoms with Crippen LogP contribution in [0.15, 0.2) is 24.3 Å². The Kier molecular flexibility index (Phi) is 6.22. The molecule has 2 N–H and O–H groups in total. The number of carboxylic acids is 1. The third-order valence-electron chi connectivity index (χ3n) is 4.75. The van der Waals surface area contributed by atoms with Crippen LogP contribution < -0.4 is 5.32 Å². The Hall–Kier alpha value is -1.88. The predicted octanol–water partition coefficient (Wildman–Crippen LogP) is 2.58. The molecule has 1 aliphatic carbocycles. The van der Waals surface area contributed by atoms with Gasteiger partial charge in [0, 0.05) is 12.6 Å². The van der Waals surface area contributed by atoms with E-state index in [4.69, 9.17) is 0 Å². The van der Waals surface area contributed by atoms with Crippen molar-refractivity contribution in [2.45, 2.75) is 64.5 Å². The van der Waals surface area contributed by atoms with Gasteiger partial charge < -0.3 is 10.4 Å². The van der Waals surface area contributed by atoms with Crippen LogP contribution in [0.5, 0.6) is 0 Å². The van der Waals surface area contributed by atoms with Crippen LogP contribution in [0.25, 0.3) is 0 Å². The van der Waals surface area contributed by atoms with Gasteiger partial charge in [-0.25, -0.2) is 0 Å². The molecular weight excluding hydrogens is 316 g/mol. The lowest BCUT2D eigenvalue weighted by molar-refractivity contribution is -0.143. The van der Waals surface area contributed by atoms with Crippen molar-refractivity contribution in [2.75, 3.05) is 13.1 Å². The maximum absolute atomic E-state index is 12.1. The molecule has 0 aromatic heterocycles. The van der Waals surface area contributed by atoms with Gasteiger partial charge >= 0.3 is 5.97 Å². The van der Waals surface area contributed by atoms with Gasteiger partial charge in [0.1, 0.15) is 6.04 Å². The van der Waals surface area contributed by atoms with E-state index in [9.17, 15) is 14.7 Å². The van der Waals surface area contributed by atoms with Crippen LogP contribution in [-0.2, 0) is 21.4 Å². The van der Waals surface area contributed by atoms with Crippen molar-refractivity contribution in [3.63, 3.8) is 0 Å². The number of hydrogen-bond acceptors (Lipinski definition) is 3. The van der Waals surface area contributed by atoms with Crippen LogP contribution in [0, 0.1) is 0 Å². The average molecular weight is 346 g/mol. The maximum Gasteiger partial charge on any atom is 0.320 e. The monoisotopic (exact) mass is 346 g/mol. The third-order valence-corrected chi connectivity index (χ3v) is 4.75. The molecule has 0 aliphatic heterocycles. The molecule has 2 rings (SSSR count). The molecule has 1 fully saturated rings. The highest BCUT2D eigenvalue weighted by molar-refractivity contribution is 5.80. The zero-order valence-electron chi connectivity index (χ0n) is 15.7. The second-order valence-electron chi connectivity index (χ2n) is 7.96. The molecule has 25 heavy (non-hydrogen) atoms. The van der Waals surface area contributed by atoms with Crippen LogP contribution in [-0.4, -0.2) is 47.1 Å². The molecule has 1 aromatic carbocycles. The van der Waals surface area contributed by atoms with Gasteiger partial charge in [0.15, 0.2) is 0 Å². The first-order chi connectivity index (χ1) is 11.7. The van der Waals surface area contributed by atoms with E-state index in [2.05, 4.69) is 50.4 Å². The Balaban J connectivity index is 1.79. The highest BCUT2D eigenvalue weighted by atomic mass is 16.4. The molecule has 1 amide bonds. The molecule has 5 heteroatoms. The SMILES string of the molecule is CC(C(=O)O)N(CC(=O)NCCc1ccc(C(C)(C)C)cc1)C1CC1. The summed E-state index contributed by atoms with van der Waals surface area (Å²) in [4.78, 5) is 25.1. The van der Waals surface area contributed by atoms with E-state index >= 15 is 0 Å². The fourth-order valence-electron chi connectivity index (χ4n) is 2.87. The summed E-state index contributed by atoms with van der Waals surface area (Å²) < 4.78 is 0. The summed E-state index contributed by atoms with van der Waals surface area (Å²) in [6, 6.07) is 8.11. The number of aliphatic carboxylic acids is 1. The Morgan fingerprint density at radius 2 is 1.84 bits per heavy atom. The molecule has 0 spiro atoms. The smallest absolute Gasteiger partial charge is 0.320 e. The van der Waals surface area contributed by atoms with E-state index in [1.807, 2.05) is 0 Å². The molecule has 5 nitrogen and oxygen atoms in total. The summed E-state index contributed by atoms with van der Waals surface area (Å²) in [5.41, 5.74) is 2.62. The number of carbonyl (C=O) groups is 2. The number of benzene rings is 1. The number of carbonyl (C=O) groups excluding carboxylic acids is 1. The molecule has 1 atom stereocenters. The molecule has 1 aliphatic rings. The Morgan fingerprint density at radius 1 is 1.24 bits per heavy atom. The fourth-order valence-corrected chi connectivity index (χ4v) is 2.87. The minimum absolute atomic E-state index is 0.105. The van der Waals surface area contributed by atoms with Crippen molar-refractivity contribution in [1.29, 1.82) is 0 Å².